The van der Waals surface area contributed by atoms with Crippen molar-refractivity contribution < 1.29 is 39.5 Å². The second-order valence-corrected chi connectivity index (χ2v) is 2.62. The van der Waals surface area contributed by atoms with E-state index in [-0.39, 0.29) is 13.2 Å². The number of ether oxygens (including phenoxy) is 1. The number of carbonyl (C=O) groups excluding carboxylic acids is 3. The third-order valence-corrected chi connectivity index (χ3v) is 0.690. The Morgan fingerprint density at radius 1 is 1.12 bits per heavy atom. The maximum absolute atomic E-state index is 10.0. The molecule has 0 aliphatic rings. The number of carboxylic acid groups (broad SMARTS) is 2. The van der Waals surface area contributed by atoms with Crippen LogP contribution in [0.3, 0.4) is 0 Å². The van der Waals surface area contributed by atoms with Crippen LogP contribution in [-0.2, 0) is 19.1 Å². The molecule has 0 radical (unpaired) electrons. The van der Waals surface area contributed by atoms with Crippen LogP contribution in [-0.4, -0.2) is 47.4 Å². The Morgan fingerprint density at radius 3 is 1.59 bits per heavy atom. The molecule has 0 aromatic heterocycles. The minimum absolute atomic E-state index is 0.133. The van der Waals surface area contributed by atoms with Gasteiger partial charge in [-0.1, -0.05) is 0 Å². The topological polar surface area (TPSA) is 147 Å². The zero-order valence-corrected chi connectivity index (χ0v) is 9.84. The highest BCUT2D eigenvalue weighted by molar-refractivity contribution is 5.65. The molecule has 0 aromatic rings. The number of hydrogen-bond donors (Lipinski definition) is 2. The average Bonchev–Trinajstić information content (AvgIpc) is 2.12. The van der Waals surface area contributed by atoms with Crippen LogP contribution in [0.1, 0.15) is 20.8 Å². The van der Waals surface area contributed by atoms with E-state index >= 15 is 0 Å². The Labute approximate surface area is 98.4 Å². The van der Waals surface area contributed by atoms with Gasteiger partial charge in [0.15, 0.2) is 0 Å². The van der Waals surface area contributed by atoms with E-state index < -0.39 is 24.0 Å². The first-order chi connectivity index (χ1) is 7.63. The summed E-state index contributed by atoms with van der Waals surface area (Å²) in [5.41, 5.74) is 0. The van der Waals surface area contributed by atoms with Crippen molar-refractivity contribution in [1.82, 2.24) is 0 Å². The minimum Gasteiger partial charge on any atom is -0.550 e. The molecule has 8 heteroatoms. The van der Waals surface area contributed by atoms with Gasteiger partial charge in [0.1, 0.15) is 12.7 Å². The van der Waals surface area contributed by atoms with E-state index in [1.807, 2.05) is 0 Å². The first kappa shape index (κ1) is 20.7. The molecule has 8 nitrogen and oxygen atoms in total. The number of aliphatic hydroxyl groups excluding tert-OH is 2. The van der Waals surface area contributed by atoms with Crippen molar-refractivity contribution in [2.24, 2.45) is 0 Å². The molecule has 0 aromatic carbocycles. The predicted molar refractivity (Wildman–Crippen MR) is 51.1 cm³/mol. The zero-order valence-electron chi connectivity index (χ0n) is 9.84. The molecule has 1 unspecified atom stereocenters. The van der Waals surface area contributed by atoms with E-state index in [0.717, 1.165) is 13.8 Å². The summed E-state index contributed by atoms with van der Waals surface area (Å²) >= 11 is 0. The van der Waals surface area contributed by atoms with E-state index in [1.54, 1.807) is 0 Å². The highest BCUT2D eigenvalue weighted by Crippen LogP contribution is 1.82. The molecule has 0 fully saturated rings. The van der Waals surface area contributed by atoms with Crippen LogP contribution in [0.5, 0.6) is 0 Å². The first-order valence-electron chi connectivity index (χ1n) is 4.40. The van der Waals surface area contributed by atoms with Crippen LogP contribution in [0.4, 0.5) is 0 Å². The molecular formula is C9H16O8-2. The number of hydrogen-bond acceptors (Lipinski definition) is 8. The third-order valence-electron chi connectivity index (χ3n) is 0.690. The Hall–Kier alpha value is -1.67. The summed E-state index contributed by atoms with van der Waals surface area (Å²) in [6, 6.07) is 0. The van der Waals surface area contributed by atoms with Crippen LogP contribution in [0.2, 0.25) is 0 Å². The molecule has 0 spiro atoms. The lowest BCUT2D eigenvalue weighted by Crippen LogP contribution is -2.20. The molecule has 2 N–H and O–H groups in total. The van der Waals surface area contributed by atoms with Crippen molar-refractivity contribution in [3.05, 3.63) is 0 Å². The molecule has 0 rings (SSSR count). The minimum atomic E-state index is -1.08. The predicted octanol–water partition coefficient (Wildman–Crippen LogP) is -3.58. The lowest BCUT2D eigenvalue weighted by Gasteiger charge is -2.05. The summed E-state index contributed by atoms with van der Waals surface area (Å²) < 4.78 is 4.35. The van der Waals surface area contributed by atoms with Gasteiger partial charge in [-0.2, -0.15) is 0 Å². The van der Waals surface area contributed by atoms with Gasteiger partial charge >= 0.3 is 5.97 Å². The fraction of sp³-hybridized carbons (Fsp3) is 0.667. The van der Waals surface area contributed by atoms with Gasteiger partial charge in [0.25, 0.3) is 0 Å². The lowest BCUT2D eigenvalue weighted by molar-refractivity contribution is -0.303. The Morgan fingerprint density at radius 2 is 1.41 bits per heavy atom. The van der Waals surface area contributed by atoms with Crippen molar-refractivity contribution in [3.63, 3.8) is 0 Å². The van der Waals surface area contributed by atoms with Crippen LogP contribution >= 0.6 is 0 Å². The van der Waals surface area contributed by atoms with Gasteiger partial charge in [0.2, 0.25) is 0 Å². The standard InChI is InChI=1S/C5H10O4.2C2H4O2/c1-4(7)9-3-5(8)2-6;2*1-2(3)4/h5-6,8H,2-3H2,1H3;2*1H3,(H,3,4)/p-2. The second kappa shape index (κ2) is 14.3. The van der Waals surface area contributed by atoms with Gasteiger partial charge in [-0.25, -0.2) is 0 Å². The lowest BCUT2D eigenvalue weighted by atomic mass is 10.4. The number of esters is 1. The normalized spacial score (nSPS) is 9.71. The summed E-state index contributed by atoms with van der Waals surface area (Å²) in [6.07, 6.45) is -0.950. The van der Waals surface area contributed by atoms with Gasteiger partial charge in [-0.05, 0) is 13.8 Å². The molecule has 0 aliphatic heterocycles. The molecule has 17 heavy (non-hydrogen) atoms. The molecule has 102 valence electrons. The highest BCUT2D eigenvalue weighted by atomic mass is 16.5. The smallest absolute Gasteiger partial charge is 0.302 e. The summed E-state index contributed by atoms with van der Waals surface area (Å²) in [7, 11) is 0. The van der Waals surface area contributed by atoms with Gasteiger partial charge in [-0.3, -0.25) is 4.79 Å². The fourth-order valence-electron chi connectivity index (χ4n) is 0.266. The maximum atomic E-state index is 10.0. The largest absolute Gasteiger partial charge is 0.550 e. The molecule has 0 saturated heterocycles. The zero-order chi connectivity index (χ0) is 14.4. The van der Waals surface area contributed by atoms with Crippen molar-refractivity contribution in [1.29, 1.82) is 0 Å². The SMILES string of the molecule is CC(=O)OCC(O)CO.CC(=O)[O-].CC(=O)[O-]. The number of aliphatic hydroxyl groups is 2. The van der Waals surface area contributed by atoms with E-state index in [1.165, 1.54) is 6.92 Å². The van der Waals surface area contributed by atoms with Crippen molar-refractivity contribution in [3.8, 4) is 0 Å². The molecule has 0 saturated carbocycles. The Balaban J connectivity index is -0.000000205. The second-order valence-electron chi connectivity index (χ2n) is 2.62. The highest BCUT2D eigenvalue weighted by Gasteiger charge is 2.02. The van der Waals surface area contributed by atoms with Crippen molar-refractivity contribution in [2.45, 2.75) is 26.9 Å². The molecule has 1 atom stereocenters. The summed E-state index contributed by atoms with van der Waals surface area (Å²) in [4.78, 5) is 27.8. The van der Waals surface area contributed by atoms with Crippen LogP contribution in [0.15, 0.2) is 0 Å². The van der Waals surface area contributed by atoms with E-state index in [9.17, 15) is 4.79 Å². The average molecular weight is 252 g/mol. The van der Waals surface area contributed by atoms with Crippen LogP contribution in [0, 0.1) is 0 Å². The van der Waals surface area contributed by atoms with Gasteiger partial charge in [0, 0.05) is 18.9 Å². The molecular weight excluding hydrogens is 236 g/mol. The van der Waals surface area contributed by atoms with Crippen LogP contribution < -0.4 is 10.2 Å². The van der Waals surface area contributed by atoms with Crippen LogP contribution in [0.25, 0.3) is 0 Å². The molecule has 0 bridgehead atoms. The third kappa shape index (κ3) is 76.7. The van der Waals surface area contributed by atoms with E-state index in [4.69, 9.17) is 30.0 Å². The van der Waals surface area contributed by atoms with Gasteiger partial charge in [-0.15, -0.1) is 0 Å². The summed E-state index contributed by atoms with van der Waals surface area (Å²) in [6.45, 7) is 2.67. The van der Waals surface area contributed by atoms with E-state index in [2.05, 4.69) is 4.74 Å². The van der Waals surface area contributed by atoms with Gasteiger partial charge in [0.05, 0.1) is 6.61 Å². The quantitative estimate of drug-likeness (QED) is 0.490. The summed E-state index contributed by atoms with van der Waals surface area (Å²) in [5.74, 6) is -2.62. The Kier molecular flexibility index (Phi) is 17.5. The number of rotatable bonds is 3. The molecule has 0 aliphatic carbocycles. The summed E-state index contributed by atoms with van der Waals surface area (Å²) in [5, 5.41) is 34.6. The number of aliphatic carboxylic acids is 2. The molecule has 0 heterocycles. The Bertz CT molecular complexity index is 205. The fourth-order valence-corrected chi connectivity index (χ4v) is 0.266. The van der Waals surface area contributed by atoms with Crippen molar-refractivity contribution in [2.75, 3.05) is 13.2 Å². The van der Waals surface area contributed by atoms with Crippen molar-refractivity contribution >= 4 is 17.9 Å². The maximum Gasteiger partial charge on any atom is 0.302 e. The number of carbonyl (C=O) groups is 3. The van der Waals surface area contributed by atoms with E-state index in [0.29, 0.717) is 0 Å². The molecule has 0 amide bonds. The van der Waals surface area contributed by atoms with Gasteiger partial charge < -0.3 is 34.8 Å². The monoisotopic (exact) mass is 252 g/mol. The first-order valence-corrected chi connectivity index (χ1v) is 4.40. The number of carboxylic acids is 2.